The van der Waals surface area contributed by atoms with Gasteiger partial charge in [0, 0.05) is 5.69 Å². The topological polar surface area (TPSA) is 12.9 Å². The predicted octanol–water partition coefficient (Wildman–Crippen LogP) is 4.49. The van der Waals surface area contributed by atoms with Crippen molar-refractivity contribution in [2.24, 2.45) is 0 Å². The molecule has 0 unspecified atom stereocenters. The molecule has 16 heavy (non-hydrogen) atoms. The van der Waals surface area contributed by atoms with Gasteiger partial charge in [-0.2, -0.15) is 0 Å². The van der Waals surface area contributed by atoms with Crippen molar-refractivity contribution in [3.05, 3.63) is 39.0 Å². The van der Waals surface area contributed by atoms with Gasteiger partial charge in [0.1, 0.15) is 11.3 Å². The van der Waals surface area contributed by atoms with Crippen LogP contribution in [0.3, 0.4) is 0 Å². The van der Waals surface area contributed by atoms with E-state index in [0.29, 0.717) is 12.1 Å². The van der Waals surface area contributed by atoms with Crippen LogP contribution in [0, 0.1) is 11.6 Å². The zero-order valence-corrected chi connectivity index (χ0v) is 10.7. The van der Waals surface area contributed by atoms with Crippen molar-refractivity contribution in [3.8, 4) is 0 Å². The van der Waals surface area contributed by atoms with Gasteiger partial charge in [0.25, 0.3) is 0 Å². The number of aromatic nitrogens is 1. The minimum atomic E-state index is -0.587. The van der Waals surface area contributed by atoms with Gasteiger partial charge in [0.2, 0.25) is 0 Å². The third kappa shape index (κ3) is 1.80. The smallest absolute Gasteiger partial charge is 0.150 e. The van der Waals surface area contributed by atoms with Crippen LogP contribution in [-0.2, 0) is 6.42 Å². The van der Waals surface area contributed by atoms with E-state index in [1.807, 2.05) is 6.92 Å². The fraction of sp³-hybridized carbons (Fsp3) is 0.182. The third-order valence-electron chi connectivity index (χ3n) is 2.30. The summed E-state index contributed by atoms with van der Waals surface area (Å²) in [6.07, 6.45) is 0.618. The number of hydrogen-bond donors (Lipinski definition) is 0. The van der Waals surface area contributed by atoms with Gasteiger partial charge in [-0.25, -0.2) is 13.8 Å². The lowest BCUT2D eigenvalue weighted by Crippen LogP contribution is -1.95. The quantitative estimate of drug-likeness (QED) is 0.707. The van der Waals surface area contributed by atoms with E-state index in [1.165, 1.54) is 0 Å². The number of rotatable bonds is 1. The highest BCUT2D eigenvalue weighted by molar-refractivity contribution is 9.10. The largest absolute Gasteiger partial charge is 0.250 e. The summed E-state index contributed by atoms with van der Waals surface area (Å²) in [4.78, 5) is 4.04. The Kier molecular flexibility index (Phi) is 3.13. The third-order valence-corrected chi connectivity index (χ3v) is 3.17. The lowest BCUT2D eigenvalue weighted by atomic mass is 10.1. The second-order valence-electron chi connectivity index (χ2n) is 3.33. The van der Waals surface area contributed by atoms with Gasteiger partial charge in [-0.1, -0.05) is 18.5 Å². The first-order valence-electron chi connectivity index (χ1n) is 4.67. The summed E-state index contributed by atoms with van der Waals surface area (Å²) in [5.41, 5.74) is 0.614. The summed E-state index contributed by atoms with van der Waals surface area (Å²) in [5.74, 6) is -1.17. The maximum atomic E-state index is 13.7. The second-order valence-corrected chi connectivity index (χ2v) is 4.59. The number of hydrogen-bond acceptors (Lipinski definition) is 1. The second kappa shape index (κ2) is 4.26. The zero-order chi connectivity index (χ0) is 11.9. The highest BCUT2D eigenvalue weighted by Gasteiger charge is 2.15. The van der Waals surface area contributed by atoms with Crippen molar-refractivity contribution in [2.75, 3.05) is 0 Å². The highest BCUT2D eigenvalue weighted by Crippen LogP contribution is 2.32. The average molecular weight is 307 g/mol. The molecule has 0 aliphatic carbocycles. The molecule has 0 aliphatic rings. The molecule has 5 heteroatoms. The van der Waals surface area contributed by atoms with Crippen molar-refractivity contribution in [3.63, 3.8) is 0 Å². The van der Waals surface area contributed by atoms with E-state index in [4.69, 9.17) is 11.6 Å². The normalized spacial score (nSPS) is 11.1. The summed E-state index contributed by atoms with van der Waals surface area (Å²) in [7, 11) is 0. The maximum Gasteiger partial charge on any atom is 0.150 e. The van der Waals surface area contributed by atoms with Crippen molar-refractivity contribution < 1.29 is 8.78 Å². The molecule has 0 spiro atoms. The standard InChI is InChI=1S/C11H7BrClF2N/c1-2-5-3-7(13)9-10(15)6(12)4-8(14)11(9)16-5/h3-4H,2H2,1H3. The first kappa shape index (κ1) is 11.7. The van der Waals surface area contributed by atoms with Gasteiger partial charge in [0.15, 0.2) is 5.82 Å². The Morgan fingerprint density at radius 1 is 1.38 bits per heavy atom. The fourth-order valence-electron chi connectivity index (χ4n) is 1.49. The molecule has 0 saturated heterocycles. The Labute approximate surface area is 105 Å². The van der Waals surface area contributed by atoms with Crippen LogP contribution >= 0.6 is 27.5 Å². The number of benzene rings is 1. The Balaban J connectivity index is 2.94. The van der Waals surface area contributed by atoms with Gasteiger partial charge in [-0.15, -0.1) is 0 Å². The van der Waals surface area contributed by atoms with E-state index in [1.54, 1.807) is 6.07 Å². The van der Waals surface area contributed by atoms with Gasteiger partial charge < -0.3 is 0 Å². The van der Waals surface area contributed by atoms with Crippen molar-refractivity contribution in [1.82, 2.24) is 4.98 Å². The van der Waals surface area contributed by atoms with Crippen LogP contribution in [0.4, 0.5) is 8.78 Å². The highest BCUT2D eigenvalue weighted by atomic mass is 79.9. The lowest BCUT2D eigenvalue weighted by molar-refractivity contribution is 0.609. The molecule has 0 aliphatic heterocycles. The first-order valence-corrected chi connectivity index (χ1v) is 5.84. The molecule has 0 atom stereocenters. The summed E-state index contributed by atoms with van der Waals surface area (Å²) in [5, 5.41) is 0.199. The van der Waals surface area contributed by atoms with Crippen LogP contribution < -0.4 is 0 Å². The molecule has 0 bridgehead atoms. The minimum absolute atomic E-state index is 0.0192. The molecule has 1 nitrogen and oxygen atoms in total. The molecule has 1 aromatic carbocycles. The van der Waals surface area contributed by atoms with E-state index in [2.05, 4.69) is 20.9 Å². The zero-order valence-electron chi connectivity index (χ0n) is 8.32. The molecule has 2 rings (SSSR count). The van der Waals surface area contributed by atoms with E-state index in [0.717, 1.165) is 6.07 Å². The van der Waals surface area contributed by atoms with Crippen LogP contribution in [0.2, 0.25) is 5.02 Å². The van der Waals surface area contributed by atoms with Gasteiger partial charge in [0.05, 0.1) is 14.9 Å². The Bertz CT molecular complexity index is 572. The van der Waals surface area contributed by atoms with Crippen molar-refractivity contribution in [1.29, 1.82) is 0 Å². The Morgan fingerprint density at radius 3 is 2.69 bits per heavy atom. The molecule has 2 aromatic rings. The average Bonchev–Trinajstić information content (AvgIpc) is 2.25. The molecule has 0 fully saturated rings. The molecule has 1 aromatic heterocycles. The molecular formula is C11H7BrClF2N. The molecule has 0 N–H and O–H groups in total. The minimum Gasteiger partial charge on any atom is -0.250 e. The van der Waals surface area contributed by atoms with E-state index in [-0.39, 0.29) is 20.4 Å². The number of fused-ring (bicyclic) bond motifs is 1. The van der Waals surface area contributed by atoms with Gasteiger partial charge in [-0.3, -0.25) is 0 Å². The van der Waals surface area contributed by atoms with Crippen LogP contribution in [0.1, 0.15) is 12.6 Å². The van der Waals surface area contributed by atoms with Crippen molar-refractivity contribution in [2.45, 2.75) is 13.3 Å². The molecule has 0 amide bonds. The molecule has 0 saturated carbocycles. The first-order chi connectivity index (χ1) is 7.54. The van der Waals surface area contributed by atoms with Crippen LogP contribution in [0.5, 0.6) is 0 Å². The number of aryl methyl sites for hydroxylation is 1. The summed E-state index contributed by atoms with van der Waals surface area (Å²) in [6, 6.07) is 2.61. The van der Waals surface area contributed by atoms with Crippen LogP contribution in [0.15, 0.2) is 16.6 Å². The van der Waals surface area contributed by atoms with Crippen LogP contribution in [0.25, 0.3) is 10.9 Å². The van der Waals surface area contributed by atoms with Crippen molar-refractivity contribution >= 4 is 38.4 Å². The number of pyridine rings is 1. The number of halogens is 4. The predicted molar refractivity (Wildman–Crippen MR) is 63.7 cm³/mol. The molecule has 84 valence electrons. The SMILES string of the molecule is CCc1cc(Cl)c2c(F)c(Br)cc(F)c2n1. The van der Waals surface area contributed by atoms with Crippen LogP contribution in [-0.4, -0.2) is 4.98 Å². The molecular weight excluding hydrogens is 299 g/mol. The van der Waals surface area contributed by atoms with Gasteiger partial charge >= 0.3 is 0 Å². The van der Waals surface area contributed by atoms with E-state index >= 15 is 0 Å². The lowest BCUT2D eigenvalue weighted by Gasteiger charge is -2.07. The monoisotopic (exact) mass is 305 g/mol. The van der Waals surface area contributed by atoms with E-state index < -0.39 is 11.6 Å². The Morgan fingerprint density at radius 2 is 2.06 bits per heavy atom. The van der Waals surface area contributed by atoms with Gasteiger partial charge in [-0.05, 0) is 34.5 Å². The molecule has 1 heterocycles. The number of nitrogens with zero attached hydrogens (tertiary/aromatic N) is 1. The summed E-state index contributed by atoms with van der Waals surface area (Å²) >= 11 is 8.86. The maximum absolute atomic E-state index is 13.7. The summed E-state index contributed by atoms with van der Waals surface area (Å²) < 4.78 is 27.4. The summed E-state index contributed by atoms with van der Waals surface area (Å²) in [6.45, 7) is 1.87. The molecule has 0 radical (unpaired) electrons. The Hall–Kier alpha value is -0.740. The van der Waals surface area contributed by atoms with E-state index in [9.17, 15) is 8.78 Å². The fourth-order valence-corrected chi connectivity index (χ4v) is 2.19.